The number of anilines is 1. The highest BCUT2D eigenvalue weighted by atomic mass is 79.9. The van der Waals surface area contributed by atoms with Crippen LogP contribution in [0.2, 0.25) is 0 Å². The fourth-order valence-electron chi connectivity index (χ4n) is 2.50. The van der Waals surface area contributed by atoms with E-state index < -0.39 is 0 Å². The van der Waals surface area contributed by atoms with Gasteiger partial charge in [0.25, 0.3) is 0 Å². The molecule has 0 atom stereocenters. The van der Waals surface area contributed by atoms with Crippen molar-refractivity contribution >= 4 is 21.7 Å². The van der Waals surface area contributed by atoms with E-state index in [0.717, 1.165) is 48.6 Å². The number of hydrogen-bond acceptors (Lipinski definition) is 3. The molecule has 112 valence electrons. The molecule has 0 amide bonds. The van der Waals surface area contributed by atoms with Gasteiger partial charge in [0.1, 0.15) is 5.82 Å². The van der Waals surface area contributed by atoms with E-state index >= 15 is 0 Å². The van der Waals surface area contributed by atoms with Crippen LogP contribution in [-0.2, 0) is 0 Å². The van der Waals surface area contributed by atoms with Crippen molar-refractivity contribution in [2.75, 3.05) is 37.6 Å². The van der Waals surface area contributed by atoms with Crippen molar-refractivity contribution in [2.45, 2.75) is 0 Å². The molecule has 0 aliphatic carbocycles. The first-order valence-corrected chi connectivity index (χ1v) is 8.24. The third-order valence-electron chi connectivity index (χ3n) is 3.72. The molecular weight excluding hydrogens is 338 g/mol. The highest BCUT2D eigenvalue weighted by Gasteiger charge is 2.18. The molecule has 1 aromatic heterocycles. The van der Waals surface area contributed by atoms with Gasteiger partial charge in [0.2, 0.25) is 0 Å². The number of hydrogen-bond donors (Lipinski definition) is 0. The van der Waals surface area contributed by atoms with E-state index in [1.165, 1.54) is 0 Å². The van der Waals surface area contributed by atoms with Gasteiger partial charge in [-0.05, 0) is 40.2 Å². The Balaban J connectivity index is 1.52. The van der Waals surface area contributed by atoms with Crippen molar-refractivity contribution < 1.29 is 0 Å². The Bertz CT molecular complexity index is 667. The van der Waals surface area contributed by atoms with Crippen molar-refractivity contribution in [1.29, 1.82) is 0 Å². The van der Waals surface area contributed by atoms with Gasteiger partial charge < -0.3 is 4.90 Å². The zero-order valence-electron chi connectivity index (χ0n) is 12.4. The molecule has 1 saturated heterocycles. The summed E-state index contributed by atoms with van der Waals surface area (Å²) in [6.45, 7) is 4.84. The molecule has 3 nitrogen and oxygen atoms in total. The second-order valence-electron chi connectivity index (χ2n) is 5.24. The second-order valence-corrected chi connectivity index (χ2v) is 6.09. The van der Waals surface area contributed by atoms with Crippen LogP contribution in [0.1, 0.15) is 5.56 Å². The van der Waals surface area contributed by atoms with Crippen LogP contribution in [0, 0.1) is 11.8 Å². The van der Waals surface area contributed by atoms with Crippen LogP contribution >= 0.6 is 15.9 Å². The molecule has 1 fully saturated rings. The van der Waals surface area contributed by atoms with Crippen molar-refractivity contribution in [3.05, 3.63) is 58.7 Å². The lowest BCUT2D eigenvalue weighted by molar-refractivity contribution is 0.287. The van der Waals surface area contributed by atoms with Gasteiger partial charge in [-0.2, -0.15) is 0 Å². The summed E-state index contributed by atoms with van der Waals surface area (Å²) in [6.07, 6.45) is 1.85. The monoisotopic (exact) mass is 355 g/mol. The highest BCUT2D eigenvalue weighted by molar-refractivity contribution is 9.10. The summed E-state index contributed by atoms with van der Waals surface area (Å²) in [5, 5.41) is 0. The van der Waals surface area contributed by atoms with Crippen LogP contribution in [0.25, 0.3) is 0 Å². The molecule has 0 radical (unpaired) electrons. The minimum absolute atomic E-state index is 0.826. The van der Waals surface area contributed by atoms with E-state index in [4.69, 9.17) is 0 Å². The molecule has 0 bridgehead atoms. The SMILES string of the molecule is Brc1cccnc1N1CCN(CC#Cc2ccccc2)CC1. The molecular formula is C18H18BrN3. The topological polar surface area (TPSA) is 19.4 Å². The second kappa shape index (κ2) is 7.44. The maximum Gasteiger partial charge on any atom is 0.142 e. The predicted molar refractivity (Wildman–Crippen MR) is 93.9 cm³/mol. The van der Waals surface area contributed by atoms with E-state index in [0.29, 0.717) is 0 Å². The summed E-state index contributed by atoms with van der Waals surface area (Å²) in [4.78, 5) is 9.18. The van der Waals surface area contributed by atoms with E-state index in [2.05, 4.69) is 42.6 Å². The molecule has 22 heavy (non-hydrogen) atoms. The summed E-state index contributed by atoms with van der Waals surface area (Å²) >= 11 is 3.57. The molecule has 1 aliphatic heterocycles. The summed E-state index contributed by atoms with van der Waals surface area (Å²) in [5.41, 5.74) is 1.08. The highest BCUT2D eigenvalue weighted by Crippen LogP contribution is 2.23. The van der Waals surface area contributed by atoms with Crippen LogP contribution < -0.4 is 4.90 Å². The number of halogens is 1. The predicted octanol–water partition coefficient (Wildman–Crippen LogP) is 3.02. The summed E-state index contributed by atoms with van der Waals surface area (Å²) in [5.74, 6) is 7.53. The molecule has 4 heteroatoms. The Morgan fingerprint density at radius 2 is 1.77 bits per heavy atom. The third kappa shape index (κ3) is 3.88. The number of nitrogens with zero attached hydrogens (tertiary/aromatic N) is 3. The zero-order chi connectivity index (χ0) is 15.2. The van der Waals surface area contributed by atoms with Crippen LogP contribution in [0.4, 0.5) is 5.82 Å². The van der Waals surface area contributed by atoms with Crippen LogP contribution in [0.5, 0.6) is 0 Å². The average molecular weight is 356 g/mol. The molecule has 1 aromatic carbocycles. The summed E-state index contributed by atoms with van der Waals surface area (Å²) < 4.78 is 1.06. The van der Waals surface area contributed by atoms with Crippen molar-refractivity contribution in [3.8, 4) is 11.8 Å². The Hall–Kier alpha value is -1.83. The summed E-state index contributed by atoms with van der Waals surface area (Å²) in [7, 11) is 0. The van der Waals surface area contributed by atoms with Gasteiger partial charge in [-0.3, -0.25) is 4.90 Å². The number of rotatable bonds is 2. The lowest BCUT2D eigenvalue weighted by atomic mass is 10.2. The van der Waals surface area contributed by atoms with Crippen LogP contribution in [0.15, 0.2) is 53.1 Å². The Morgan fingerprint density at radius 3 is 2.50 bits per heavy atom. The lowest BCUT2D eigenvalue weighted by Crippen LogP contribution is -2.46. The van der Waals surface area contributed by atoms with Crippen LogP contribution in [-0.4, -0.2) is 42.6 Å². The first-order chi connectivity index (χ1) is 10.8. The normalized spacial score (nSPS) is 15.2. The van der Waals surface area contributed by atoms with Gasteiger partial charge in [-0.1, -0.05) is 30.0 Å². The van der Waals surface area contributed by atoms with Gasteiger partial charge in [-0.15, -0.1) is 0 Å². The van der Waals surface area contributed by atoms with Crippen LogP contribution in [0.3, 0.4) is 0 Å². The zero-order valence-corrected chi connectivity index (χ0v) is 14.0. The minimum atomic E-state index is 0.826. The van der Waals surface area contributed by atoms with Crippen molar-refractivity contribution in [2.24, 2.45) is 0 Å². The minimum Gasteiger partial charge on any atom is -0.353 e. The Kier molecular flexibility index (Phi) is 5.10. The van der Waals surface area contributed by atoms with Gasteiger partial charge in [-0.25, -0.2) is 4.98 Å². The fourth-order valence-corrected chi connectivity index (χ4v) is 3.01. The van der Waals surface area contributed by atoms with E-state index in [-0.39, 0.29) is 0 Å². The van der Waals surface area contributed by atoms with Gasteiger partial charge in [0.15, 0.2) is 0 Å². The van der Waals surface area contributed by atoms with Gasteiger partial charge >= 0.3 is 0 Å². The van der Waals surface area contributed by atoms with Gasteiger partial charge in [0, 0.05) is 37.9 Å². The van der Waals surface area contributed by atoms with Gasteiger partial charge in [0.05, 0.1) is 11.0 Å². The number of piperazine rings is 1. The molecule has 2 heterocycles. The van der Waals surface area contributed by atoms with Crippen molar-refractivity contribution in [3.63, 3.8) is 0 Å². The standard InChI is InChI=1S/C18H18BrN3/c19-17-9-4-10-20-18(17)22-14-12-21(13-15-22)11-5-8-16-6-2-1-3-7-16/h1-4,6-7,9-10H,11-15H2. The summed E-state index contributed by atoms with van der Waals surface area (Å²) in [6, 6.07) is 14.1. The van der Waals surface area contributed by atoms with E-state index in [1.807, 2.05) is 48.7 Å². The molecule has 0 saturated carbocycles. The Labute approximate surface area is 140 Å². The third-order valence-corrected chi connectivity index (χ3v) is 4.34. The maximum absolute atomic E-state index is 4.46. The molecule has 1 aliphatic rings. The van der Waals surface area contributed by atoms with E-state index in [1.54, 1.807) is 0 Å². The molecule has 3 rings (SSSR count). The molecule has 0 spiro atoms. The maximum atomic E-state index is 4.46. The van der Waals surface area contributed by atoms with E-state index in [9.17, 15) is 0 Å². The number of aromatic nitrogens is 1. The number of benzene rings is 1. The quantitative estimate of drug-likeness (QED) is 0.772. The smallest absolute Gasteiger partial charge is 0.142 e. The van der Waals surface area contributed by atoms with Crippen molar-refractivity contribution in [1.82, 2.24) is 9.88 Å². The lowest BCUT2D eigenvalue weighted by Gasteiger charge is -2.34. The molecule has 0 N–H and O–H groups in total. The average Bonchev–Trinajstić information content (AvgIpc) is 2.57. The largest absolute Gasteiger partial charge is 0.353 e. The Morgan fingerprint density at radius 1 is 1.00 bits per heavy atom. The fraction of sp³-hybridized carbons (Fsp3) is 0.278. The first-order valence-electron chi connectivity index (χ1n) is 7.45. The molecule has 2 aromatic rings. The number of pyridine rings is 1. The first kappa shape index (κ1) is 15.1. The molecule has 0 unspecified atom stereocenters.